The lowest BCUT2D eigenvalue weighted by molar-refractivity contribution is -0.199. The van der Waals surface area contributed by atoms with Crippen molar-refractivity contribution < 1.29 is 9.31 Å². The summed E-state index contributed by atoms with van der Waals surface area (Å²) >= 11 is 0. The van der Waals surface area contributed by atoms with E-state index in [-0.39, 0.29) is 18.5 Å². The molecule has 3 heteroatoms. The van der Waals surface area contributed by atoms with Gasteiger partial charge in [0.1, 0.15) is 0 Å². The lowest BCUT2D eigenvalue weighted by Crippen LogP contribution is -2.65. The van der Waals surface area contributed by atoms with Gasteiger partial charge in [-0.25, -0.2) is 0 Å². The second-order valence-corrected chi connectivity index (χ2v) is 6.93. The fourth-order valence-corrected chi connectivity index (χ4v) is 4.24. The van der Waals surface area contributed by atoms with Crippen molar-refractivity contribution >= 4 is 7.12 Å². The van der Waals surface area contributed by atoms with Crippen LogP contribution in [0.15, 0.2) is 12.7 Å². The molecule has 3 saturated carbocycles. The molecule has 0 radical (unpaired) electrons. The first kappa shape index (κ1) is 11.8. The maximum Gasteiger partial charge on any atom is 0.464 e. The molecule has 1 saturated heterocycles. The summed E-state index contributed by atoms with van der Waals surface area (Å²) in [5.41, 5.74) is 0.362. The molecule has 0 aromatic carbocycles. The first-order valence-electron chi connectivity index (χ1n) is 6.85. The Morgan fingerprint density at radius 1 is 1.35 bits per heavy atom. The summed E-state index contributed by atoms with van der Waals surface area (Å²) in [4.78, 5) is 0. The van der Waals surface area contributed by atoms with E-state index in [0.717, 1.165) is 5.92 Å². The van der Waals surface area contributed by atoms with E-state index in [2.05, 4.69) is 34.3 Å². The molecule has 0 spiro atoms. The molecule has 0 N–H and O–H groups in total. The highest BCUT2D eigenvalue weighted by molar-refractivity contribution is 6.47. The Balaban J connectivity index is 1.85. The second kappa shape index (κ2) is 3.39. The predicted octanol–water partition coefficient (Wildman–Crippen LogP) is 3.29. The van der Waals surface area contributed by atoms with E-state index in [0.29, 0.717) is 17.4 Å². The number of rotatable bonds is 2. The van der Waals surface area contributed by atoms with Crippen molar-refractivity contribution in [3.8, 4) is 0 Å². The lowest BCUT2D eigenvalue weighted by atomic mass is 9.43. The fourth-order valence-electron chi connectivity index (χ4n) is 4.24. The SMILES string of the molecule is C=C[C@H](C)B1OC2CC3CC(C3(C)C)[C@@]2(C)O1. The van der Waals surface area contributed by atoms with Crippen LogP contribution in [0.5, 0.6) is 0 Å². The summed E-state index contributed by atoms with van der Waals surface area (Å²) in [6, 6.07) is 0. The van der Waals surface area contributed by atoms with E-state index in [4.69, 9.17) is 9.31 Å². The fraction of sp³-hybridized carbons (Fsp3) is 0.857. The largest absolute Gasteiger partial charge is 0.464 e. The minimum Gasteiger partial charge on any atom is -0.405 e. The van der Waals surface area contributed by atoms with Gasteiger partial charge in [0.25, 0.3) is 0 Å². The highest BCUT2D eigenvalue weighted by Gasteiger charge is 2.68. The summed E-state index contributed by atoms with van der Waals surface area (Å²) in [5, 5.41) is 0. The van der Waals surface area contributed by atoms with Crippen LogP contribution in [0.25, 0.3) is 0 Å². The van der Waals surface area contributed by atoms with Crippen molar-refractivity contribution in [3.05, 3.63) is 12.7 Å². The highest BCUT2D eigenvalue weighted by Crippen LogP contribution is 2.66. The number of hydrogen-bond donors (Lipinski definition) is 0. The van der Waals surface area contributed by atoms with Crippen LogP contribution in [-0.2, 0) is 9.31 Å². The Morgan fingerprint density at radius 3 is 2.65 bits per heavy atom. The third kappa shape index (κ3) is 1.36. The molecule has 0 aromatic heterocycles. The Bertz CT molecular complexity index is 354. The minimum absolute atomic E-state index is 0.0693. The van der Waals surface area contributed by atoms with Crippen LogP contribution in [0.4, 0.5) is 0 Å². The molecule has 0 aromatic rings. The molecule has 3 aliphatic carbocycles. The van der Waals surface area contributed by atoms with E-state index < -0.39 is 0 Å². The first-order chi connectivity index (χ1) is 7.89. The van der Waals surface area contributed by atoms with Crippen LogP contribution in [-0.4, -0.2) is 18.8 Å². The monoisotopic (exact) mass is 234 g/mol. The van der Waals surface area contributed by atoms with Crippen molar-refractivity contribution in [2.45, 2.75) is 58.1 Å². The Morgan fingerprint density at radius 2 is 2.06 bits per heavy atom. The molecule has 1 heterocycles. The summed E-state index contributed by atoms with van der Waals surface area (Å²) in [5.74, 6) is 1.76. The summed E-state index contributed by atoms with van der Waals surface area (Å²) in [6.07, 6.45) is 4.71. The van der Waals surface area contributed by atoms with Gasteiger partial charge in [-0.2, -0.15) is 0 Å². The van der Waals surface area contributed by atoms with Gasteiger partial charge in [-0.15, -0.1) is 6.58 Å². The Kier molecular flexibility index (Phi) is 2.35. The molecule has 0 amide bonds. The topological polar surface area (TPSA) is 18.5 Å². The molecule has 3 unspecified atom stereocenters. The molecule has 4 aliphatic rings. The van der Waals surface area contributed by atoms with E-state index >= 15 is 0 Å². The van der Waals surface area contributed by atoms with Crippen molar-refractivity contribution in [1.29, 1.82) is 0 Å². The zero-order valence-electron chi connectivity index (χ0n) is 11.4. The zero-order chi connectivity index (χ0) is 12.4. The van der Waals surface area contributed by atoms with Crippen LogP contribution >= 0.6 is 0 Å². The van der Waals surface area contributed by atoms with E-state index in [1.54, 1.807) is 0 Å². The summed E-state index contributed by atoms with van der Waals surface area (Å²) < 4.78 is 12.4. The molecule has 2 bridgehead atoms. The van der Waals surface area contributed by atoms with Gasteiger partial charge >= 0.3 is 7.12 Å². The Hall–Kier alpha value is -0.275. The molecule has 17 heavy (non-hydrogen) atoms. The van der Waals surface area contributed by atoms with Gasteiger partial charge < -0.3 is 9.31 Å². The molecular formula is C14H23BO2. The van der Waals surface area contributed by atoms with Crippen LogP contribution < -0.4 is 0 Å². The van der Waals surface area contributed by atoms with Crippen molar-refractivity contribution in [2.75, 3.05) is 0 Å². The van der Waals surface area contributed by atoms with Gasteiger partial charge in [-0.3, -0.25) is 0 Å². The molecule has 1 aliphatic heterocycles. The van der Waals surface area contributed by atoms with Crippen LogP contribution in [0.1, 0.15) is 40.5 Å². The minimum atomic E-state index is -0.0855. The normalized spacial score (nSPS) is 48.2. The average Bonchev–Trinajstić information content (AvgIpc) is 2.64. The number of hydrogen-bond acceptors (Lipinski definition) is 2. The van der Waals surface area contributed by atoms with Crippen LogP contribution in [0.3, 0.4) is 0 Å². The van der Waals surface area contributed by atoms with Crippen molar-refractivity contribution in [2.24, 2.45) is 17.3 Å². The molecule has 4 fully saturated rings. The molecule has 2 nitrogen and oxygen atoms in total. The van der Waals surface area contributed by atoms with Gasteiger partial charge in [0.2, 0.25) is 0 Å². The molecule has 4 rings (SSSR count). The van der Waals surface area contributed by atoms with Crippen molar-refractivity contribution in [3.63, 3.8) is 0 Å². The summed E-state index contributed by atoms with van der Waals surface area (Å²) in [6.45, 7) is 13.0. The maximum absolute atomic E-state index is 6.30. The smallest absolute Gasteiger partial charge is 0.405 e. The first-order valence-corrected chi connectivity index (χ1v) is 6.85. The van der Waals surface area contributed by atoms with Gasteiger partial charge in [-0.05, 0) is 37.0 Å². The highest BCUT2D eigenvalue weighted by atomic mass is 16.7. The molecule has 94 valence electrons. The van der Waals surface area contributed by atoms with Crippen molar-refractivity contribution in [1.82, 2.24) is 0 Å². The predicted molar refractivity (Wildman–Crippen MR) is 69.7 cm³/mol. The molecular weight excluding hydrogens is 211 g/mol. The van der Waals surface area contributed by atoms with Crippen LogP contribution in [0, 0.1) is 17.3 Å². The van der Waals surface area contributed by atoms with Crippen LogP contribution in [0.2, 0.25) is 5.82 Å². The lowest BCUT2D eigenvalue weighted by Gasteiger charge is -2.64. The second-order valence-electron chi connectivity index (χ2n) is 6.93. The van der Waals surface area contributed by atoms with E-state index in [1.165, 1.54) is 12.8 Å². The van der Waals surface area contributed by atoms with E-state index in [1.807, 2.05) is 6.08 Å². The number of allylic oxidation sites excluding steroid dienone is 1. The third-order valence-electron chi connectivity index (χ3n) is 5.77. The van der Waals surface area contributed by atoms with E-state index in [9.17, 15) is 0 Å². The maximum atomic E-state index is 6.30. The van der Waals surface area contributed by atoms with Gasteiger partial charge in [0.15, 0.2) is 0 Å². The Labute approximate surface area is 105 Å². The standard InChI is InChI=1S/C14H23BO2/c1-6-9(2)15-16-12-8-10-7-11(13(10,3)4)14(12,5)17-15/h6,9-12H,1,7-8H2,2-5H3/t9-,10?,11?,12?,14+/m0/s1. The molecule has 5 atom stereocenters. The summed E-state index contributed by atoms with van der Waals surface area (Å²) in [7, 11) is -0.0855. The third-order valence-corrected chi connectivity index (χ3v) is 5.77. The van der Waals surface area contributed by atoms with Gasteiger partial charge in [-0.1, -0.05) is 26.8 Å². The quantitative estimate of drug-likeness (QED) is 0.539. The average molecular weight is 234 g/mol. The van der Waals surface area contributed by atoms with Gasteiger partial charge in [0.05, 0.1) is 11.7 Å². The van der Waals surface area contributed by atoms with Gasteiger partial charge in [0, 0.05) is 5.82 Å². The zero-order valence-corrected chi connectivity index (χ0v) is 11.4.